The molecule has 3 aromatic carbocycles. The highest BCUT2D eigenvalue weighted by Gasteiger charge is 2.24. The number of likely N-dealkylation sites (N-methyl/N-ethyl adjacent to an activating group) is 1. The van der Waals surface area contributed by atoms with E-state index in [-0.39, 0.29) is 11.7 Å². The third-order valence-electron chi connectivity index (χ3n) is 7.58. The van der Waals surface area contributed by atoms with Crippen LogP contribution in [0.3, 0.4) is 0 Å². The first kappa shape index (κ1) is 23.5. The van der Waals surface area contributed by atoms with E-state index in [1.165, 1.54) is 12.8 Å². The maximum absolute atomic E-state index is 12.9. The van der Waals surface area contributed by atoms with Crippen LogP contribution in [0.2, 0.25) is 0 Å². The summed E-state index contributed by atoms with van der Waals surface area (Å²) < 4.78 is 2.10. The fourth-order valence-corrected chi connectivity index (χ4v) is 5.05. The maximum atomic E-state index is 12.9. The molecule has 1 aliphatic heterocycles. The Morgan fingerprint density at radius 3 is 2.19 bits per heavy atom. The molecule has 1 saturated heterocycles. The number of carbonyl (C=O) groups is 2. The Labute approximate surface area is 217 Å². The van der Waals surface area contributed by atoms with Crippen LogP contribution in [-0.4, -0.2) is 54.4 Å². The minimum Gasteiger partial charge on any atom is -0.369 e. The molecule has 0 atom stereocenters. The Morgan fingerprint density at radius 1 is 0.811 bits per heavy atom. The van der Waals surface area contributed by atoms with E-state index in [2.05, 4.69) is 26.7 Å². The van der Waals surface area contributed by atoms with Crippen molar-refractivity contribution in [3.63, 3.8) is 0 Å². The van der Waals surface area contributed by atoms with Crippen molar-refractivity contribution in [1.82, 2.24) is 9.47 Å². The number of benzene rings is 3. The van der Waals surface area contributed by atoms with Crippen LogP contribution in [0.4, 0.5) is 11.4 Å². The molecule has 188 valence electrons. The van der Waals surface area contributed by atoms with E-state index in [0.717, 1.165) is 59.7 Å². The average molecular weight is 493 g/mol. The first-order valence-electron chi connectivity index (χ1n) is 13.1. The Balaban J connectivity index is 1.13. The molecule has 0 unspecified atom stereocenters. The number of nitrogens with zero attached hydrogens (tertiary/aromatic N) is 3. The fraction of sp³-hybridized carbons (Fsp3) is 0.290. The number of Topliss-reactive ketones (excluding diaryl/α,β-unsaturated/α-hetero) is 1. The minimum atomic E-state index is -0.116. The molecule has 1 amide bonds. The first-order valence-corrected chi connectivity index (χ1v) is 13.1. The van der Waals surface area contributed by atoms with E-state index in [4.69, 9.17) is 0 Å². The molecule has 6 nitrogen and oxygen atoms in total. The lowest BCUT2D eigenvalue weighted by Gasteiger charge is -2.34. The van der Waals surface area contributed by atoms with Crippen molar-refractivity contribution < 1.29 is 9.59 Å². The molecule has 1 aromatic heterocycles. The summed E-state index contributed by atoms with van der Waals surface area (Å²) >= 11 is 0. The van der Waals surface area contributed by atoms with Crippen LogP contribution in [0.25, 0.3) is 16.6 Å². The number of carbonyl (C=O) groups excluding carboxylic acids is 2. The molecule has 2 aliphatic rings. The monoisotopic (exact) mass is 492 g/mol. The van der Waals surface area contributed by atoms with Gasteiger partial charge in [-0.2, -0.15) is 0 Å². The van der Waals surface area contributed by atoms with Gasteiger partial charge in [-0.1, -0.05) is 0 Å². The van der Waals surface area contributed by atoms with Gasteiger partial charge in [-0.3, -0.25) is 9.59 Å². The number of ketones is 1. The van der Waals surface area contributed by atoms with Crippen LogP contribution in [0.5, 0.6) is 0 Å². The number of anilines is 2. The molecule has 4 aromatic rings. The number of aromatic nitrogens is 1. The molecule has 6 rings (SSSR count). The average Bonchev–Trinajstić information content (AvgIpc) is 3.64. The van der Waals surface area contributed by atoms with Gasteiger partial charge in [-0.05, 0) is 98.6 Å². The lowest BCUT2D eigenvalue weighted by Crippen LogP contribution is -2.44. The molecule has 0 bridgehead atoms. The number of nitrogens with one attached hydrogen (secondary N) is 1. The molecule has 2 fully saturated rings. The van der Waals surface area contributed by atoms with Gasteiger partial charge in [0.2, 0.25) is 0 Å². The topological polar surface area (TPSA) is 57.6 Å². The first-order chi connectivity index (χ1) is 18.0. The second-order valence-corrected chi connectivity index (χ2v) is 10.4. The predicted molar refractivity (Wildman–Crippen MR) is 149 cm³/mol. The van der Waals surface area contributed by atoms with Crippen molar-refractivity contribution >= 4 is 34.0 Å². The van der Waals surface area contributed by atoms with Gasteiger partial charge in [0.1, 0.15) is 0 Å². The number of hydrogen-bond donors (Lipinski definition) is 1. The third-order valence-corrected chi connectivity index (χ3v) is 7.58. The number of hydrogen-bond acceptors (Lipinski definition) is 4. The van der Waals surface area contributed by atoms with Gasteiger partial charge in [0.15, 0.2) is 5.78 Å². The summed E-state index contributed by atoms with van der Waals surface area (Å²) in [5.41, 5.74) is 5.41. The molecule has 0 radical (unpaired) electrons. The van der Waals surface area contributed by atoms with Crippen LogP contribution < -0.4 is 10.2 Å². The van der Waals surface area contributed by atoms with Crippen molar-refractivity contribution in [3.05, 3.63) is 90.1 Å². The third kappa shape index (κ3) is 5.16. The molecule has 6 heteroatoms. The highest BCUT2D eigenvalue weighted by atomic mass is 16.1. The van der Waals surface area contributed by atoms with Crippen LogP contribution in [0.15, 0.2) is 79.0 Å². The molecular formula is C31H32N4O2. The largest absolute Gasteiger partial charge is 0.369 e. The zero-order valence-corrected chi connectivity index (χ0v) is 21.2. The van der Waals surface area contributed by atoms with Gasteiger partial charge in [-0.15, -0.1) is 0 Å². The van der Waals surface area contributed by atoms with E-state index in [1.807, 2.05) is 79.0 Å². The van der Waals surface area contributed by atoms with Crippen molar-refractivity contribution in [2.24, 2.45) is 5.92 Å². The quantitative estimate of drug-likeness (QED) is 0.340. The summed E-state index contributed by atoms with van der Waals surface area (Å²) in [5, 5.41) is 4.08. The summed E-state index contributed by atoms with van der Waals surface area (Å²) in [6.07, 6.45) is 5.06. The number of amides is 1. The standard InChI is InChI=1S/C31H32N4O2/c1-33-16-18-34(19-17-33)27-9-6-24(7-10-27)31(37)32-26-8-13-29-25(21-26)14-15-35(29)28-11-4-23(5-12-28)30(36)20-22-2-3-22/h4-15,21-22H,2-3,16-20H2,1H3,(H,32,37). The molecule has 1 saturated carbocycles. The zero-order chi connectivity index (χ0) is 25.4. The van der Waals surface area contributed by atoms with E-state index >= 15 is 0 Å². The van der Waals surface area contributed by atoms with Crippen molar-refractivity contribution in [2.45, 2.75) is 19.3 Å². The fourth-order valence-electron chi connectivity index (χ4n) is 5.05. The highest BCUT2D eigenvalue weighted by Crippen LogP contribution is 2.33. The Morgan fingerprint density at radius 2 is 1.49 bits per heavy atom. The molecule has 0 spiro atoms. The van der Waals surface area contributed by atoms with Crippen LogP contribution in [-0.2, 0) is 0 Å². The maximum Gasteiger partial charge on any atom is 0.255 e. The van der Waals surface area contributed by atoms with Gasteiger partial charge in [0, 0.05) is 72.4 Å². The summed E-state index contributed by atoms with van der Waals surface area (Å²) in [6.45, 7) is 4.12. The molecule has 2 heterocycles. The summed E-state index contributed by atoms with van der Waals surface area (Å²) in [7, 11) is 2.15. The lowest BCUT2D eigenvalue weighted by atomic mass is 10.1. The van der Waals surface area contributed by atoms with E-state index < -0.39 is 0 Å². The van der Waals surface area contributed by atoms with Gasteiger partial charge >= 0.3 is 0 Å². The van der Waals surface area contributed by atoms with E-state index in [0.29, 0.717) is 17.9 Å². The SMILES string of the molecule is CN1CCN(c2ccc(C(=O)Nc3ccc4c(ccn4-c4ccc(C(=O)CC5CC5)cc4)c3)cc2)CC1. The number of piperazine rings is 1. The summed E-state index contributed by atoms with van der Waals surface area (Å²) in [4.78, 5) is 30.0. The van der Waals surface area contributed by atoms with Crippen LogP contribution in [0.1, 0.15) is 40.0 Å². The van der Waals surface area contributed by atoms with Gasteiger partial charge in [0.05, 0.1) is 5.52 Å². The van der Waals surface area contributed by atoms with Crippen LogP contribution in [0, 0.1) is 5.92 Å². The highest BCUT2D eigenvalue weighted by molar-refractivity contribution is 6.05. The Bertz CT molecular complexity index is 1430. The second kappa shape index (κ2) is 9.87. The van der Waals surface area contributed by atoms with E-state index in [1.54, 1.807) is 0 Å². The molecule has 1 N–H and O–H groups in total. The molecule has 1 aliphatic carbocycles. The molecule has 37 heavy (non-hydrogen) atoms. The molecular weight excluding hydrogens is 460 g/mol. The predicted octanol–water partition coefficient (Wildman–Crippen LogP) is 5.62. The second-order valence-electron chi connectivity index (χ2n) is 10.4. The minimum absolute atomic E-state index is 0.116. The Kier molecular flexibility index (Phi) is 6.26. The number of fused-ring (bicyclic) bond motifs is 1. The normalized spacial score (nSPS) is 16.2. The van der Waals surface area contributed by atoms with Crippen molar-refractivity contribution in [3.8, 4) is 5.69 Å². The lowest BCUT2D eigenvalue weighted by molar-refractivity contribution is 0.0974. The zero-order valence-electron chi connectivity index (χ0n) is 21.2. The van der Waals surface area contributed by atoms with E-state index in [9.17, 15) is 9.59 Å². The van der Waals surface area contributed by atoms with Crippen LogP contribution >= 0.6 is 0 Å². The van der Waals surface area contributed by atoms with Gasteiger partial charge in [0.25, 0.3) is 5.91 Å². The summed E-state index contributed by atoms with van der Waals surface area (Å²) in [6, 6.07) is 23.7. The van der Waals surface area contributed by atoms with Gasteiger partial charge < -0.3 is 19.7 Å². The Hall–Kier alpha value is -3.90. The summed E-state index contributed by atoms with van der Waals surface area (Å²) in [5.74, 6) is 0.715. The van der Waals surface area contributed by atoms with Crippen molar-refractivity contribution in [2.75, 3.05) is 43.4 Å². The van der Waals surface area contributed by atoms with Gasteiger partial charge in [-0.25, -0.2) is 0 Å². The number of rotatable bonds is 7. The smallest absolute Gasteiger partial charge is 0.255 e. The van der Waals surface area contributed by atoms with Crippen molar-refractivity contribution in [1.29, 1.82) is 0 Å².